The summed E-state index contributed by atoms with van der Waals surface area (Å²) in [6.07, 6.45) is 0. The Morgan fingerprint density at radius 2 is 0.738 bits per heavy atom. The molecule has 0 aliphatic heterocycles. The topological polar surface area (TPSA) is 30.4 Å². The van der Waals surface area contributed by atoms with E-state index in [-0.39, 0.29) is 0 Å². The van der Waals surface area contributed by atoms with Crippen LogP contribution in [0.25, 0.3) is 104 Å². The van der Waals surface area contributed by atoms with Crippen LogP contribution in [0.3, 0.4) is 0 Å². The second-order valence-corrected chi connectivity index (χ2v) is 21.1. The summed E-state index contributed by atoms with van der Waals surface area (Å²) < 4.78 is 9.23. The third-order valence-electron chi connectivity index (χ3n) is 14.1. The van der Waals surface area contributed by atoms with Gasteiger partial charge in [0, 0.05) is 0 Å². The van der Waals surface area contributed by atoms with Crippen molar-refractivity contribution in [3.63, 3.8) is 0 Å². The normalized spacial score (nSPS) is 12.3. The summed E-state index contributed by atoms with van der Waals surface area (Å²) in [6, 6.07) is 85.7. The number of benzene rings is 10. The molecule has 0 bridgehead atoms. The number of fused-ring (bicyclic) bond motifs is 15. The molecule has 0 atom stereocenters. The predicted molar refractivity (Wildman–Crippen MR) is 277 cm³/mol. The van der Waals surface area contributed by atoms with Gasteiger partial charge < -0.3 is 4.42 Å². The summed E-state index contributed by atoms with van der Waals surface area (Å²) in [7, 11) is -3.21. The minimum absolute atomic E-state index is 0.603. The van der Waals surface area contributed by atoms with Gasteiger partial charge in [0.05, 0.1) is 16.6 Å². The van der Waals surface area contributed by atoms with Gasteiger partial charge >= 0.3 is 5.84 Å². The van der Waals surface area contributed by atoms with E-state index in [4.69, 9.17) is 9.40 Å². The van der Waals surface area contributed by atoms with Crippen LogP contribution in [0.1, 0.15) is 0 Å². The molecule has 0 saturated carbocycles. The Labute approximate surface area is 375 Å². The Morgan fingerprint density at radius 3 is 1.29 bits per heavy atom. The molecule has 0 N–H and O–H groups in total. The smallest absolute Gasteiger partial charge is 0.307 e. The monoisotopic (exact) mass is 842 g/mol. The maximum Gasteiger partial charge on any atom is 0.307 e. The fourth-order valence-corrected chi connectivity index (χ4v) is 16.4. The first-order valence-electron chi connectivity index (χ1n) is 22.4. The minimum atomic E-state index is -3.21. The lowest BCUT2D eigenvalue weighted by Crippen LogP contribution is -2.74. The van der Waals surface area contributed by atoms with Gasteiger partial charge in [0.15, 0.2) is 13.7 Å². The highest BCUT2D eigenvalue weighted by Gasteiger charge is 2.44. The molecule has 0 radical (unpaired) electrons. The van der Waals surface area contributed by atoms with Crippen molar-refractivity contribution in [2.75, 3.05) is 0 Å². The van der Waals surface area contributed by atoms with E-state index in [0.29, 0.717) is 5.84 Å². The lowest BCUT2D eigenvalue weighted by Gasteiger charge is -2.34. The van der Waals surface area contributed by atoms with E-state index in [9.17, 15) is 0 Å². The van der Waals surface area contributed by atoms with Gasteiger partial charge in [-0.05, 0) is 115 Å². The molecular formula is C61H38N2OSi. The zero-order chi connectivity index (χ0) is 42.6. The molecule has 0 unspecified atom stereocenters. The van der Waals surface area contributed by atoms with Crippen LogP contribution < -0.4 is 20.7 Å². The molecule has 3 nitrogen and oxygen atoms in total. The second kappa shape index (κ2) is 13.8. The Balaban J connectivity index is 1.22. The molecule has 10 aromatic carbocycles. The van der Waals surface area contributed by atoms with Crippen molar-refractivity contribution in [2.24, 2.45) is 0 Å². The minimum Gasteiger partial charge on any atom is -0.423 e. The Kier molecular flexibility index (Phi) is 7.71. The van der Waals surface area contributed by atoms with Crippen LogP contribution in [-0.2, 0) is 0 Å². The number of imidazole rings is 1. The Hall–Kier alpha value is -8.31. The summed E-state index contributed by atoms with van der Waals surface area (Å²) in [5.41, 5.74) is 6.38. The molecular weight excluding hydrogens is 805 g/mol. The Bertz CT molecular complexity index is 4210. The first kappa shape index (κ1) is 36.2. The molecule has 2 aliphatic carbocycles. The molecule has 4 heteroatoms. The first-order valence-corrected chi connectivity index (χ1v) is 24.4. The fourth-order valence-electron chi connectivity index (χ4n) is 11.5. The number of oxazole rings is 1. The molecule has 2 aliphatic rings. The van der Waals surface area contributed by atoms with Crippen LogP contribution in [-0.4, -0.2) is 17.5 Å². The summed E-state index contributed by atoms with van der Waals surface area (Å²) >= 11 is 0. The molecule has 2 aromatic heterocycles. The molecule has 14 rings (SSSR count). The van der Waals surface area contributed by atoms with Gasteiger partial charge in [-0.3, -0.25) is 4.40 Å². The number of rotatable bonds is 4. The summed E-state index contributed by atoms with van der Waals surface area (Å²) in [4.78, 5) is 5.01. The van der Waals surface area contributed by atoms with Crippen molar-refractivity contribution in [1.29, 1.82) is 0 Å². The number of para-hydroxylation sites is 3. The maximum absolute atomic E-state index is 7.04. The number of aromatic nitrogens is 2. The SMILES string of the molecule is c1ccc([Si](c2ccccc2)(c2ccc3c(c2)c2cccc4c2-c2c(cccc2c2ccccc23)c2ccccc2c2ccccc42)c2cccc3c2oc2nc4ccccc4n23)cc1. The van der Waals surface area contributed by atoms with Crippen molar-refractivity contribution < 1.29 is 4.42 Å². The highest BCUT2D eigenvalue weighted by molar-refractivity contribution is 7.20. The third kappa shape index (κ3) is 5.03. The summed E-state index contributed by atoms with van der Waals surface area (Å²) in [5, 5.41) is 19.9. The maximum atomic E-state index is 7.04. The van der Waals surface area contributed by atoms with Crippen molar-refractivity contribution in [3.8, 4) is 11.1 Å². The predicted octanol–water partition coefficient (Wildman–Crippen LogP) is 13.2. The van der Waals surface area contributed by atoms with Gasteiger partial charge in [-0.25, -0.2) is 0 Å². The highest BCUT2D eigenvalue weighted by atomic mass is 28.3. The van der Waals surface area contributed by atoms with E-state index in [1.165, 1.54) is 96.5 Å². The molecule has 302 valence electrons. The van der Waals surface area contributed by atoms with Gasteiger partial charge in [-0.15, -0.1) is 0 Å². The van der Waals surface area contributed by atoms with E-state index < -0.39 is 8.07 Å². The van der Waals surface area contributed by atoms with Gasteiger partial charge in [-0.2, -0.15) is 4.98 Å². The molecule has 0 spiro atoms. The summed E-state index contributed by atoms with van der Waals surface area (Å²) in [6.45, 7) is 0. The van der Waals surface area contributed by atoms with Gasteiger partial charge in [0.25, 0.3) is 0 Å². The lowest BCUT2D eigenvalue weighted by molar-refractivity contribution is 0.645. The average Bonchev–Trinajstić information content (AvgIpc) is 3.93. The Morgan fingerprint density at radius 1 is 0.323 bits per heavy atom. The van der Waals surface area contributed by atoms with Crippen molar-refractivity contribution in [2.45, 2.75) is 0 Å². The van der Waals surface area contributed by atoms with Crippen LogP contribution in [0.4, 0.5) is 0 Å². The largest absolute Gasteiger partial charge is 0.423 e. The standard InChI is InChI=1S/C61H38N2OSi/c1-3-18-39(19-4-1)65(40-20-5-2-6-21-40,57-35-17-34-56-60(57)64-61-62-54-32-13-14-33-55(54)63(56)61)41-36-37-48-44-24-9-12-27-47(44)50-29-15-28-49-45-25-10-7-22-42(45)43-23-8-11-26-46(43)51-30-16-31-52(53(48)38-41)59(51)58(49)50/h1-38H. The molecule has 12 aromatic rings. The average molecular weight is 843 g/mol. The molecule has 0 saturated heterocycles. The number of hydrogen-bond acceptors (Lipinski definition) is 2. The summed E-state index contributed by atoms with van der Waals surface area (Å²) in [5.74, 6) is 0.603. The van der Waals surface area contributed by atoms with Gasteiger partial charge in [0.2, 0.25) is 0 Å². The molecule has 0 amide bonds. The number of hydrogen-bond donors (Lipinski definition) is 0. The molecule has 0 fully saturated rings. The van der Waals surface area contributed by atoms with Crippen LogP contribution in [0.5, 0.6) is 0 Å². The quantitative estimate of drug-likeness (QED) is 0.131. The van der Waals surface area contributed by atoms with Gasteiger partial charge in [-0.1, -0.05) is 212 Å². The van der Waals surface area contributed by atoms with Crippen LogP contribution in [0.2, 0.25) is 0 Å². The third-order valence-corrected chi connectivity index (χ3v) is 18.9. The molecule has 65 heavy (non-hydrogen) atoms. The van der Waals surface area contributed by atoms with Crippen LogP contribution in [0.15, 0.2) is 235 Å². The zero-order valence-electron chi connectivity index (χ0n) is 35.2. The molecule has 2 heterocycles. The van der Waals surface area contributed by atoms with E-state index in [1.54, 1.807) is 0 Å². The van der Waals surface area contributed by atoms with Crippen molar-refractivity contribution in [3.05, 3.63) is 231 Å². The zero-order valence-corrected chi connectivity index (χ0v) is 36.2. The van der Waals surface area contributed by atoms with E-state index in [2.05, 4.69) is 229 Å². The van der Waals surface area contributed by atoms with Crippen molar-refractivity contribution in [1.82, 2.24) is 9.38 Å². The van der Waals surface area contributed by atoms with E-state index in [1.807, 2.05) is 6.07 Å². The van der Waals surface area contributed by atoms with E-state index >= 15 is 0 Å². The first-order chi connectivity index (χ1) is 32.3. The highest BCUT2D eigenvalue weighted by Crippen LogP contribution is 2.47. The van der Waals surface area contributed by atoms with Crippen LogP contribution in [0, 0.1) is 0 Å². The fraction of sp³-hybridized carbons (Fsp3) is 0. The lowest BCUT2D eigenvalue weighted by atomic mass is 9.84. The van der Waals surface area contributed by atoms with Gasteiger partial charge in [0.1, 0.15) is 0 Å². The van der Waals surface area contributed by atoms with Crippen LogP contribution >= 0.6 is 0 Å². The van der Waals surface area contributed by atoms with E-state index in [0.717, 1.165) is 22.1 Å². The van der Waals surface area contributed by atoms with Crippen molar-refractivity contribution >= 4 is 121 Å². The second-order valence-electron chi connectivity index (χ2n) is 17.3. The number of nitrogens with zero attached hydrogens (tertiary/aromatic N) is 2.